The summed E-state index contributed by atoms with van der Waals surface area (Å²) < 4.78 is 0. The average Bonchev–Trinajstić information content (AvgIpc) is 3.03. The molecule has 3 rings (SSSR count). The second-order valence-corrected chi connectivity index (χ2v) is 5.86. The van der Waals surface area contributed by atoms with Gasteiger partial charge in [0.05, 0.1) is 17.5 Å². The molecule has 0 aromatic heterocycles. The molecule has 2 N–H and O–H groups in total. The van der Waals surface area contributed by atoms with Crippen LogP contribution in [0.1, 0.15) is 25.7 Å². The van der Waals surface area contributed by atoms with Crippen LogP contribution in [0.4, 0.5) is 11.4 Å². The van der Waals surface area contributed by atoms with Crippen LogP contribution < -0.4 is 10.2 Å². The van der Waals surface area contributed by atoms with Crippen molar-refractivity contribution in [2.45, 2.75) is 31.8 Å². The fourth-order valence-electron chi connectivity index (χ4n) is 3.03. The van der Waals surface area contributed by atoms with Crippen LogP contribution in [-0.2, 0) is 4.79 Å². The molecule has 21 heavy (non-hydrogen) atoms. The number of hydrogen-bond acceptors (Lipinski definition) is 3. The lowest BCUT2D eigenvalue weighted by Gasteiger charge is -2.33. The summed E-state index contributed by atoms with van der Waals surface area (Å²) >= 11 is 0. The Hall–Kier alpha value is -1.81. The van der Waals surface area contributed by atoms with Crippen molar-refractivity contribution in [1.29, 1.82) is 0 Å². The first-order chi connectivity index (χ1) is 10.2. The standard InChI is InChI=1S/C17H22N2O2/c20-14-9-11-19(12-10-14)16-8-4-3-7-15(16)18-17(21)13-5-1-2-6-13/h1-4,7-8,13-14,20H,5-6,9-12H2,(H,18,21). The molecular weight excluding hydrogens is 264 g/mol. The molecule has 0 radical (unpaired) electrons. The number of anilines is 2. The molecule has 1 aromatic carbocycles. The first-order valence-corrected chi connectivity index (χ1v) is 7.72. The molecule has 0 spiro atoms. The average molecular weight is 286 g/mol. The molecule has 112 valence electrons. The highest BCUT2D eigenvalue weighted by molar-refractivity contribution is 5.96. The van der Waals surface area contributed by atoms with E-state index in [2.05, 4.69) is 22.4 Å². The Labute approximate surface area is 125 Å². The van der Waals surface area contributed by atoms with E-state index in [0.717, 1.165) is 50.1 Å². The van der Waals surface area contributed by atoms with E-state index >= 15 is 0 Å². The van der Waals surface area contributed by atoms with Gasteiger partial charge < -0.3 is 15.3 Å². The van der Waals surface area contributed by atoms with Crippen LogP contribution in [0.15, 0.2) is 36.4 Å². The normalized spacial score (nSPS) is 20.0. The van der Waals surface area contributed by atoms with Crippen molar-refractivity contribution in [1.82, 2.24) is 0 Å². The Bertz CT molecular complexity index is 525. The number of allylic oxidation sites excluding steroid dienone is 2. The van der Waals surface area contributed by atoms with E-state index in [4.69, 9.17) is 0 Å². The molecule has 2 aliphatic rings. The van der Waals surface area contributed by atoms with E-state index in [1.54, 1.807) is 0 Å². The number of rotatable bonds is 3. The zero-order valence-corrected chi connectivity index (χ0v) is 12.2. The van der Waals surface area contributed by atoms with Gasteiger partial charge in [0.15, 0.2) is 0 Å². The van der Waals surface area contributed by atoms with Crippen molar-refractivity contribution in [3.63, 3.8) is 0 Å². The van der Waals surface area contributed by atoms with Crippen molar-refractivity contribution in [3.05, 3.63) is 36.4 Å². The zero-order chi connectivity index (χ0) is 14.7. The summed E-state index contributed by atoms with van der Waals surface area (Å²) in [7, 11) is 0. The first-order valence-electron chi connectivity index (χ1n) is 7.72. The molecule has 1 saturated heterocycles. The summed E-state index contributed by atoms with van der Waals surface area (Å²) in [6.45, 7) is 1.66. The maximum absolute atomic E-state index is 12.3. The van der Waals surface area contributed by atoms with Crippen LogP contribution in [-0.4, -0.2) is 30.2 Å². The number of nitrogens with zero attached hydrogens (tertiary/aromatic N) is 1. The molecule has 4 nitrogen and oxygen atoms in total. The number of nitrogens with one attached hydrogen (secondary N) is 1. The van der Waals surface area contributed by atoms with E-state index in [-0.39, 0.29) is 17.9 Å². The summed E-state index contributed by atoms with van der Waals surface area (Å²) in [6, 6.07) is 7.94. The van der Waals surface area contributed by atoms with Crippen molar-refractivity contribution in [3.8, 4) is 0 Å². The van der Waals surface area contributed by atoms with Gasteiger partial charge in [-0.1, -0.05) is 24.3 Å². The van der Waals surface area contributed by atoms with Gasteiger partial charge >= 0.3 is 0 Å². The summed E-state index contributed by atoms with van der Waals surface area (Å²) in [5, 5.41) is 12.7. The first kappa shape index (κ1) is 14.1. The van der Waals surface area contributed by atoms with E-state index in [1.165, 1.54) is 0 Å². The lowest BCUT2D eigenvalue weighted by atomic mass is 10.1. The topological polar surface area (TPSA) is 52.6 Å². The Morgan fingerprint density at radius 1 is 1.14 bits per heavy atom. The van der Waals surface area contributed by atoms with Crippen molar-refractivity contribution in [2.24, 2.45) is 5.92 Å². The highest BCUT2D eigenvalue weighted by Crippen LogP contribution is 2.29. The minimum atomic E-state index is -0.187. The molecular formula is C17H22N2O2. The van der Waals surface area contributed by atoms with Gasteiger partial charge in [-0.3, -0.25) is 4.79 Å². The Kier molecular flexibility index (Phi) is 4.25. The third kappa shape index (κ3) is 3.27. The Morgan fingerprint density at radius 3 is 2.52 bits per heavy atom. The minimum absolute atomic E-state index is 0.0706. The number of carbonyl (C=O) groups is 1. The number of benzene rings is 1. The minimum Gasteiger partial charge on any atom is -0.393 e. The van der Waals surface area contributed by atoms with Crippen LogP contribution >= 0.6 is 0 Å². The predicted molar refractivity (Wildman–Crippen MR) is 84.4 cm³/mol. The maximum atomic E-state index is 12.3. The Morgan fingerprint density at radius 2 is 1.81 bits per heavy atom. The summed E-state index contributed by atoms with van der Waals surface area (Å²) in [4.78, 5) is 14.5. The molecule has 0 bridgehead atoms. The third-order valence-electron chi connectivity index (χ3n) is 4.35. The monoisotopic (exact) mass is 286 g/mol. The number of carbonyl (C=O) groups excluding carboxylic acids is 1. The second-order valence-electron chi connectivity index (χ2n) is 5.86. The smallest absolute Gasteiger partial charge is 0.228 e. The van der Waals surface area contributed by atoms with Gasteiger partial charge in [-0.25, -0.2) is 0 Å². The number of hydrogen-bond donors (Lipinski definition) is 2. The highest BCUT2D eigenvalue weighted by atomic mass is 16.3. The van der Waals surface area contributed by atoms with Gasteiger partial charge in [0.25, 0.3) is 0 Å². The molecule has 0 saturated carbocycles. The van der Waals surface area contributed by atoms with Crippen LogP contribution in [0, 0.1) is 5.92 Å². The molecule has 1 fully saturated rings. The predicted octanol–water partition coefficient (Wildman–Crippen LogP) is 2.55. The second kappa shape index (κ2) is 6.31. The largest absolute Gasteiger partial charge is 0.393 e. The van der Waals surface area contributed by atoms with Crippen LogP contribution in [0.5, 0.6) is 0 Å². The van der Waals surface area contributed by atoms with E-state index in [1.807, 2.05) is 24.3 Å². The molecule has 1 aromatic rings. The van der Waals surface area contributed by atoms with E-state index in [9.17, 15) is 9.90 Å². The number of para-hydroxylation sites is 2. The van der Waals surface area contributed by atoms with Gasteiger partial charge in [0.2, 0.25) is 5.91 Å². The van der Waals surface area contributed by atoms with E-state index < -0.39 is 0 Å². The summed E-state index contributed by atoms with van der Waals surface area (Å²) in [6.07, 6.45) is 7.20. The number of amides is 1. The third-order valence-corrected chi connectivity index (χ3v) is 4.35. The van der Waals surface area contributed by atoms with Crippen LogP contribution in [0.25, 0.3) is 0 Å². The van der Waals surface area contributed by atoms with E-state index in [0.29, 0.717) is 0 Å². The summed E-state index contributed by atoms with van der Waals surface area (Å²) in [5.74, 6) is 0.172. The van der Waals surface area contributed by atoms with Crippen molar-refractivity contribution < 1.29 is 9.90 Å². The summed E-state index contributed by atoms with van der Waals surface area (Å²) in [5.41, 5.74) is 1.94. The van der Waals surface area contributed by atoms with Crippen LogP contribution in [0.2, 0.25) is 0 Å². The fourth-order valence-corrected chi connectivity index (χ4v) is 3.03. The number of piperidine rings is 1. The zero-order valence-electron chi connectivity index (χ0n) is 12.2. The fraction of sp³-hybridized carbons (Fsp3) is 0.471. The molecule has 0 atom stereocenters. The van der Waals surface area contributed by atoms with Gasteiger partial charge in [-0.05, 0) is 37.8 Å². The number of aliphatic hydroxyl groups excluding tert-OH is 1. The molecule has 0 unspecified atom stereocenters. The Balaban J connectivity index is 1.71. The molecule has 1 amide bonds. The lowest BCUT2D eigenvalue weighted by Crippen LogP contribution is -2.36. The van der Waals surface area contributed by atoms with Gasteiger partial charge in [-0.2, -0.15) is 0 Å². The molecule has 1 aliphatic carbocycles. The van der Waals surface area contributed by atoms with Crippen LogP contribution in [0.3, 0.4) is 0 Å². The molecule has 4 heteroatoms. The van der Waals surface area contributed by atoms with Gasteiger partial charge in [-0.15, -0.1) is 0 Å². The quantitative estimate of drug-likeness (QED) is 0.840. The SMILES string of the molecule is O=C(Nc1ccccc1N1CCC(O)CC1)C1CC=CC1. The van der Waals surface area contributed by atoms with Gasteiger partial charge in [0, 0.05) is 19.0 Å². The number of aliphatic hydroxyl groups is 1. The molecule has 1 heterocycles. The van der Waals surface area contributed by atoms with Crippen molar-refractivity contribution in [2.75, 3.05) is 23.3 Å². The van der Waals surface area contributed by atoms with Crippen molar-refractivity contribution >= 4 is 17.3 Å². The highest BCUT2D eigenvalue weighted by Gasteiger charge is 2.22. The van der Waals surface area contributed by atoms with Gasteiger partial charge in [0.1, 0.15) is 0 Å². The molecule has 1 aliphatic heterocycles. The maximum Gasteiger partial charge on any atom is 0.228 e. The lowest BCUT2D eigenvalue weighted by molar-refractivity contribution is -0.119.